The molecule has 0 saturated carbocycles. The number of benzene rings is 2. The molecule has 0 amide bonds. The van der Waals surface area contributed by atoms with Crippen LogP contribution in [0.1, 0.15) is 0 Å². The minimum atomic E-state index is -4.60. The van der Waals surface area contributed by atoms with Crippen LogP contribution in [-0.2, 0) is 0 Å². The van der Waals surface area contributed by atoms with Crippen molar-refractivity contribution in [3.05, 3.63) is 60.7 Å². The summed E-state index contributed by atoms with van der Waals surface area (Å²) in [4.78, 5) is 0.134. The molecule has 0 radical (unpaired) electrons. The van der Waals surface area contributed by atoms with Crippen LogP contribution in [0.15, 0.2) is 60.7 Å². The van der Waals surface area contributed by atoms with Gasteiger partial charge in [0.15, 0.2) is 5.11 Å². The van der Waals surface area contributed by atoms with Gasteiger partial charge in [-0.05, 0) is 36.5 Å². The maximum absolute atomic E-state index is 13.2. The Bertz CT molecular complexity index is 570. The monoisotopic (exact) mass is 296 g/mol. The smallest absolute Gasteiger partial charge is 0.332 e. The fourth-order valence-electron chi connectivity index (χ4n) is 1.66. The molecule has 0 aliphatic carbocycles. The zero-order valence-corrected chi connectivity index (χ0v) is 11.1. The molecule has 0 fully saturated rings. The molecule has 0 spiro atoms. The lowest BCUT2D eigenvalue weighted by molar-refractivity contribution is -0.118. The number of anilines is 2. The highest BCUT2D eigenvalue weighted by atomic mass is 32.1. The normalized spacial score (nSPS) is 10.9. The molecular formula is C14H11F3N2S. The van der Waals surface area contributed by atoms with Crippen LogP contribution in [0.5, 0.6) is 0 Å². The minimum absolute atomic E-state index is 0.0339. The van der Waals surface area contributed by atoms with Gasteiger partial charge < -0.3 is 5.32 Å². The van der Waals surface area contributed by atoms with Gasteiger partial charge in [0.25, 0.3) is 0 Å². The van der Waals surface area contributed by atoms with E-state index in [-0.39, 0.29) is 10.6 Å². The van der Waals surface area contributed by atoms with E-state index in [4.69, 9.17) is 12.2 Å². The number of halogens is 3. The van der Waals surface area contributed by atoms with E-state index in [2.05, 4.69) is 5.32 Å². The van der Waals surface area contributed by atoms with Crippen molar-refractivity contribution in [1.29, 1.82) is 0 Å². The van der Waals surface area contributed by atoms with Gasteiger partial charge in [0.05, 0.1) is 5.69 Å². The van der Waals surface area contributed by atoms with Gasteiger partial charge in [-0.2, -0.15) is 0 Å². The Morgan fingerprint density at radius 1 is 0.900 bits per heavy atom. The molecule has 0 heterocycles. The lowest BCUT2D eigenvalue weighted by Gasteiger charge is -2.27. The first-order chi connectivity index (χ1) is 9.48. The maximum Gasteiger partial charge on any atom is 0.491 e. The quantitative estimate of drug-likeness (QED) is 0.653. The van der Waals surface area contributed by atoms with Crippen LogP contribution in [0, 0.1) is 0 Å². The number of hydrogen-bond acceptors (Lipinski definition) is 1. The van der Waals surface area contributed by atoms with Crippen LogP contribution < -0.4 is 10.2 Å². The standard InChI is InChI=1S/C14H11F3N2S/c15-14(16,17)19(12-9-5-2-6-10-12)13(20)18-11-7-3-1-4-8-11/h1-10H,(H,18,20). The van der Waals surface area contributed by atoms with E-state index in [0.29, 0.717) is 5.69 Å². The van der Waals surface area contributed by atoms with Crippen molar-refractivity contribution in [1.82, 2.24) is 0 Å². The average Bonchev–Trinajstić information content (AvgIpc) is 2.39. The van der Waals surface area contributed by atoms with Gasteiger partial charge in [0, 0.05) is 5.69 Å². The predicted octanol–water partition coefficient (Wildman–Crippen LogP) is 4.41. The maximum atomic E-state index is 13.2. The second-order valence-electron chi connectivity index (χ2n) is 3.93. The minimum Gasteiger partial charge on any atom is -0.332 e. The third-order valence-electron chi connectivity index (χ3n) is 2.50. The molecule has 0 bridgehead atoms. The molecule has 2 rings (SSSR count). The van der Waals surface area contributed by atoms with Crippen LogP contribution in [0.2, 0.25) is 0 Å². The Hall–Kier alpha value is -2.08. The zero-order chi connectivity index (χ0) is 14.6. The number of alkyl halides is 3. The first-order valence-electron chi connectivity index (χ1n) is 5.76. The third-order valence-corrected chi connectivity index (χ3v) is 2.78. The molecule has 0 atom stereocenters. The number of hydrogen-bond donors (Lipinski definition) is 1. The second-order valence-corrected chi connectivity index (χ2v) is 4.32. The Morgan fingerprint density at radius 3 is 1.90 bits per heavy atom. The molecule has 1 N–H and O–H groups in total. The first kappa shape index (κ1) is 14.3. The molecule has 0 aromatic heterocycles. The Labute approximate surface area is 119 Å². The predicted molar refractivity (Wildman–Crippen MR) is 77.6 cm³/mol. The Kier molecular flexibility index (Phi) is 4.24. The molecule has 6 heteroatoms. The number of rotatable bonds is 2. The summed E-state index contributed by atoms with van der Waals surface area (Å²) >= 11 is 4.88. The number of thiocarbonyl (C=S) groups is 1. The molecule has 20 heavy (non-hydrogen) atoms. The largest absolute Gasteiger partial charge is 0.491 e. The summed E-state index contributed by atoms with van der Waals surface area (Å²) in [5, 5.41) is 2.16. The zero-order valence-electron chi connectivity index (χ0n) is 10.3. The van der Waals surface area contributed by atoms with Crippen LogP contribution in [0.25, 0.3) is 0 Å². The number of para-hydroxylation sites is 2. The van der Waals surface area contributed by atoms with Crippen molar-refractivity contribution in [3.63, 3.8) is 0 Å². The van der Waals surface area contributed by atoms with Gasteiger partial charge in [-0.15, -0.1) is 13.2 Å². The van der Waals surface area contributed by atoms with Crippen LogP contribution >= 0.6 is 12.2 Å². The van der Waals surface area contributed by atoms with Crippen molar-refractivity contribution in [2.75, 3.05) is 10.2 Å². The van der Waals surface area contributed by atoms with Crippen molar-refractivity contribution in [3.8, 4) is 0 Å². The molecule has 2 nitrogen and oxygen atoms in total. The van der Waals surface area contributed by atoms with Crippen molar-refractivity contribution in [2.45, 2.75) is 6.30 Å². The molecule has 2 aromatic rings. The van der Waals surface area contributed by atoms with E-state index >= 15 is 0 Å². The number of nitrogens with zero attached hydrogens (tertiary/aromatic N) is 1. The molecule has 0 aliphatic rings. The van der Waals surface area contributed by atoms with Gasteiger partial charge in [-0.25, -0.2) is 4.90 Å². The van der Waals surface area contributed by atoms with Crippen LogP contribution in [0.3, 0.4) is 0 Å². The fraction of sp³-hybridized carbons (Fsp3) is 0.0714. The van der Waals surface area contributed by atoms with E-state index in [9.17, 15) is 13.2 Å². The van der Waals surface area contributed by atoms with Crippen molar-refractivity contribution >= 4 is 28.7 Å². The number of nitrogens with one attached hydrogen (secondary N) is 1. The van der Waals surface area contributed by atoms with E-state index in [1.165, 1.54) is 24.3 Å². The molecule has 0 aliphatic heterocycles. The van der Waals surface area contributed by atoms with Gasteiger partial charge in [0.2, 0.25) is 0 Å². The third kappa shape index (κ3) is 3.48. The Morgan fingerprint density at radius 2 is 1.40 bits per heavy atom. The van der Waals surface area contributed by atoms with Gasteiger partial charge in [0.1, 0.15) is 0 Å². The molecule has 2 aromatic carbocycles. The summed E-state index contributed by atoms with van der Waals surface area (Å²) in [5.74, 6) is 0. The van der Waals surface area contributed by atoms with Crippen molar-refractivity contribution < 1.29 is 13.2 Å². The van der Waals surface area contributed by atoms with E-state index in [0.717, 1.165) is 0 Å². The molecule has 0 saturated heterocycles. The second kappa shape index (κ2) is 5.92. The fourth-order valence-corrected chi connectivity index (χ4v) is 1.98. The summed E-state index contributed by atoms with van der Waals surface area (Å²) < 4.78 is 39.5. The highest BCUT2D eigenvalue weighted by Gasteiger charge is 2.40. The average molecular weight is 296 g/mol. The Balaban J connectivity index is 2.26. The molecule has 0 unspecified atom stereocenters. The summed E-state index contributed by atoms with van der Waals surface area (Å²) in [5.41, 5.74) is 0.469. The van der Waals surface area contributed by atoms with Crippen LogP contribution in [-0.4, -0.2) is 11.4 Å². The summed E-state index contributed by atoms with van der Waals surface area (Å²) in [7, 11) is 0. The lowest BCUT2D eigenvalue weighted by atomic mass is 10.3. The molecular weight excluding hydrogens is 285 g/mol. The summed E-state index contributed by atoms with van der Waals surface area (Å²) in [6.07, 6.45) is -4.60. The summed E-state index contributed by atoms with van der Waals surface area (Å²) in [6, 6.07) is 15.9. The van der Waals surface area contributed by atoms with E-state index < -0.39 is 11.4 Å². The lowest BCUT2D eigenvalue weighted by Crippen LogP contribution is -2.45. The van der Waals surface area contributed by atoms with Gasteiger partial charge >= 0.3 is 6.30 Å². The summed E-state index contributed by atoms with van der Waals surface area (Å²) in [6.45, 7) is 0. The first-order valence-corrected chi connectivity index (χ1v) is 6.17. The highest BCUT2D eigenvalue weighted by Crippen LogP contribution is 2.29. The van der Waals surface area contributed by atoms with Crippen LogP contribution in [0.4, 0.5) is 24.5 Å². The topological polar surface area (TPSA) is 15.3 Å². The van der Waals surface area contributed by atoms with E-state index in [1.807, 2.05) is 0 Å². The van der Waals surface area contributed by atoms with E-state index in [1.54, 1.807) is 36.4 Å². The van der Waals surface area contributed by atoms with Gasteiger partial charge in [-0.1, -0.05) is 36.4 Å². The SMILES string of the molecule is FC(F)(F)N(C(=S)Nc1ccccc1)c1ccccc1. The van der Waals surface area contributed by atoms with Gasteiger partial charge in [-0.3, -0.25) is 0 Å². The molecule has 104 valence electrons. The van der Waals surface area contributed by atoms with Crippen molar-refractivity contribution in [2.24, 2.45) is 0 Å². The highest BCUT2D eigenvalue weighted by molar-refractivity contribution is 7.80.